The van der Waals surface area contributed by atoms with Gasteiger partial charge in [0.2, 0.25) is 0 Å². The number of nitrogens with two attached hydrogens (primary N) is 1. The minimum Gasteiger partial charge on any atom is -0.459 e. The molecule has 1 atom stereocenters. The zero-order valence-electron chi connectivity index (χ0n) is 9.63. The molecule has 0 aromatic carbocycles. The molecule has 2 aromatic heterocycles. The van der Waals surface area contributed by atoms with Crippen LogP contribution in [0.25, 0.3) is 11.7 Å². The average molecular weight is 253 g/mol. The van der Waals surface area contributed by atoms with E-state index in [1.54, 1.807) is 30.2 Å². The molecular weight excluding hydrogens is 238 g/mol. The van der Waals surface area contributed by atoms with Gasteiger partial charge in [0, 0.05) is 0 Å². The van der Waals surface area contributed by atoms with E-state index in [0.29, 0.717) is 29.9 Å². The van der Waals surface area contributed by atoms with Crippen LogP contribution in [0, 0.1) is 5.92 Å². The Morgan fingerprint density at radius 2 is 2.41 bits per heavy atom. The molecule has 0 radical (unpaired) electrons. The van der Waals surface area contributed by atoms with Crippen LogP contribution in [0.1, 0.15) is 12.7 Å². The molecule has 0 aliphatic heterocycles. The number of hydrogen-bond acceptors (Lipinski definition) is 6. The van der Waals surface area contributed by atoms with Gasteiger partial charge >= 0.3 is 0 Å². The lowest BCUT2D eigenvalue weighted by atomic mass is 10.2. The lowest BCUT2D eigenvalue weighted by molar-refractivity contribution is 0.411. The Bertz CT molecular complexity index is 441. The first kappa shape index (κ1) is 12.2. The fraction of sp³-hybridized carbons (Fsp3) is 0.455. The number of furan rings is 1. The topological polar surface area (TPSA) is 78.1 Å². The summed E-state index contributed by atoms with van der Waals surface area (Å²) in [4.78, 5) is 4.25. The van der Waals surface area contributed by atoms with Gasteiger partial charge in [0.25, 0.3) is 5.89 Å². The SMILES string of the molecule is CC(CN)CSCc1noc(-c2ccco2)n1. The highest BCUT2D eigenvalue weighted by Gasteiger charge is 2.11. The third-order valence-corrected chi connectivity index (χ3v) is 3.50. The van der Waals surface area contributed by atoms with Crippen LogP contribution >= 0.6 is 11.8 Å². The summed E-state index contributed by atoms with van der Waals surface area (Å²) >= 11 is 1.75. The molecule has 0 saturated heterocycles. The van der Waals surface area contributed by atoms with Crippen LogP contribution in [0.2, 0.25) is 0 Å². The first-order valence-corrected chi connectivity index (χ1v) is 6.59. The van der Waals surface area contributed by atoms with Crippen LogP contribution in [0.4, 0.5) is 0 Å². The van der Waals surface area contributed by atoms with Gasteiger partial charge in [0.1, 0.15) is 0 Å². The number of rotatable bonds is 6. The molecule has 0 amide bonds. The maximum absolute atomic E-state index is 5.54. The van der Waals surface area contributed by atoms with Crippen LogP contribution in [-0.4, -0.2) is 22.4 Å². The molecule has 1 unspecified atom stereocenters. The smallest absolute Gasteiger partial charge is 0.293 e. The number of hydrogen-bond donors (Lipinski definition) is 1. The van der Waals surface area contributed by atoms with Crippen molar-refractivity contribution in [2.24, 2.45) is 11.7 Å². The molecule has 0 aliphatic rings. The van der Waals surface area contributed by atoms with Crippen molar-refractivity contribution in [2.75, 3.05) is 12.3 Å². The standard InChI is InChI=1S/C11H15N3O2S/c1-8(5-12)6-17-7-10-13-11(16-14-10)9-3-2-4-15-9/h2-4,8H,5-7,12H2,1H3. The third-order valence-electron chi connectivity index (χ3n) is 2.24. The molecule has 0 aliphatic carbocycles. The number of thioether (sulfide) groups is 1. The summed E-state index contributed by atoms with van der Waals surface area (Å²) in [6.45, 7) is 2.83. The Kier molecular flexibility index (Phi) is 4.22. The summed E-state index contributed by atoms with van der Waals surface area (Å²) in [5, 5.41) is 3.90. The van der Waals surface area contributed by atoms with Crippen molar-refractivity contribution < 1.29 is 8.94 Å². The summed E-state index contributed by atoms with van der Waals surface area (Å²) in [6.07, 6.45) is 1.58. The predicted octanol–water partition coefficient (Wildman–Crippen LogP) is 2.16. The quantitative estimate of drug-likeness (QED) is 0.850. The van der Waals surface area contributed by atoms with E-state index in [1.165, 1.54) is 0 Å². The second kappa shape index (κ2) is 5.88. The molecule has 0 spiro atoms. The van der Waals surface area contributed by atoms with Gasteiger partial charge in [-0.3, -0.25) is 0 Å². The molecule has 0 bridgehead atoms. The van der Waals surface area contributed by atoms with E-state index in [9.17, 15) is 0 Å². The molecule has 0 saturated carbocycles. The lowest BCUT2D eigenvalue weighted by Crippen LogP contribution is -2.12. The van der Waals surface area contributed by atoms with Gasteiger partial charge in [-0.1, -0.05) is 12.1 Å². The normalized spacial score (nSPS) is 12.8. The number of aromatic nitrogens is 2. The Morgan fingerprint density at radius 3 is 3.12 bits per heavy atom. The van der Waals surface area contributed by atoms with Crippen molar-refractivity contribution in [2.45, 2.75) is 12.7 Å². The fourth-order valence-corrected chi connectivity index (χ4v) is 2.19. The zero-order valence-corrected chi connectivity index (χ0v) is 10.4. The van der Waals surface area contributed by atoms with Gasteiger partial charge in [-0.05, 0) is 30.3 Å². The summed E-state index contributed by atoms with van der Waals surface area (Å²) in [7, 11) is 0. The van der Waals surface area contributed by atoms with Crippen molar-refractivity contribution >= 4 is 11.8 Å². The minimum absolute atomic E-state index is 0.428. The molecule has 5 nitrogen and oxygen atoms in total. The average Bonchev–Trinajstić information content (AvgIpc) is 2.98. The molecule has 17 heavy (non-hydrogen) atoms. The van der Waals surface area contributed by atoms with E-state index in [0.717, 1.165) is 11.5 Å². The van der Waals surface area contributed by atoms with Crippen molar-refractivity contribution in [3.63, 3.8) is 0 Å². The predicted molar refractivity (Wildman–Crippen MR) is 66.4 cm³/mol. The maximum Gasteiger partial charge on any atom is 0.293 e. The van der Waals surface area contributed by atoms with Gasteiger partial charge in [-0.2, -0.15) is 16.7 Å². The van der Waals surface area contributed by atoms with Crippen LogP contribution in [0.15, 0.2) is 27.3 Å². The molecule has 0 fully saturated rings. The van der Waals surface area contributed by atoms with Crippen LogP contribution in [0.5, 0.6) is 0 Å². The van der Waals surface area contributed by atoms with Crippen molar-refractivity contribution in [1.29, 1.82) is 0 Å². The molecule has 2 heterocycles. The van der Waals surface area contributed by atoms with Crippen LogP contribution in [0.3, 0.4) is 0 Å². The lowest BCUT2D eigenvalue weighted by Gasteiger charge is -2.05. The van der Waals surface area contributed by atoms with E-state index in [-0.39, 0.29) is 0 Å². The van der Waals surface area contributed by atoms with Crippen LogP contribution in [-0.2, 0) is 5.75 Å². The maximum atomic E-state index is 5.54. The number of nitrogens with zero attached hydrogens (tertiary/aromatic N) is 2. The van der Waals surface area contributed by atoms with Gasteiger partial charge < -0.3 is 14.7 Å². The van der Waals surface area contributed by atoms with E-state index in [4.69, 9.17) is 14.7 Å². The summed E-state index contributed by atoms with van der Waals surface area (Å²) in [5.74, 6) is 3.96. The molecule has 2 rings (SSSR count). The zero-order chi connectivity index (χ0) is 12.1. The second-order valence-corrected chi connectivity index (χ2v) is 4.88. The van der Waals surface area contributed by atoms with Crippen LogP contribution < -0.4 is 5.73 Å². The molecule has 92 valence electrons. The molecule has 2 N–H and O–H groups in total. The summed E-state index contributed by atoms with van der Waals surface area (Å²) in [6, 6.07) is 3.58. The Hall–Kier alpha value is -1.27. The largest absolute Gasteiger partial charge is 0.459 e. The van der Waals surface area contributed by atoms with E-state index < -0.39 is 0 Å². The van der Waals surface area contributed by atoms with Gasteiger partial charge in [-0.25, -0.2) is 0 Å². The van der Waals surface area contributed by atoms with E-state index in [1.807, 2.05) is 0 Å². The highest BCUT2D eigenvalue weighted by atomic mass is 32.2. The molecular formula is C11H15N3O2S. The van der Waals surface area contributed by atoms with Crippen molar-refractivity contribution in [3.8, 4) is 11.7 Å². The van der Waals surface area contributed by atoms with Crippen molar-refractivity contribution in [3.05, 3.63) is 24.2 Å². The Labute approximate surface area is 104 Å². The molecule has 6 heteroatoms. The van der Waals surface area contributed by atoms with Crippen molar-refractivity contribution in [1.82, 2.24) is 10.1 Å². The van der Waals surface area contributed by atoms with Gasteiger partial charge in [0.05, 0.1) is 12.0 Å². The fourth-order valence-electron chi connectivity index (χ4n) is 1.23. The first-order valence-electron chi connectivity index (χ1n) is 5.44. The summed E-state index contributed by atoms with van der Waals surface area (Å²) in [5.41, 5.74) is 5.54. The second-order valence-electron chi connectivity index (χ2n) is 3.85. The highest BCUT2D eigenvalue weighted by molar-refractivity contribution is 7.98. The monoisotopic (exact) mass is 253 g/mol. The highest BCUT2D eigenvalue weighted by Crippen LogP contribution is 2.19. The molecule has 2 aromatic rings. The minimum atomic E-state index is 0.428. The Morgan fingerprint density at radius 1 is 1.53 bits per heavy atom. The van der Waals surface area contributed by atoms with Gasteiger partial charge in [0.15, 0.2) is 11.6 Å². The first-order chi connectivity index (χ1) is 8.29. The Balaban J connectivity index is 1.87. The third kappa shape index (κ3) is 3.34. The van der Waals surface area contributed by atoms with E-state index >= 15 is 0 Å². The summed E-state index contributed by atoms with van der Waals surface area (Å²) < 4.78 is 10.3. The van der Waals surface area contributed by atoms with E-state index in [2.05, 4.69) is 17.1 Å². The van der Waals surface area contributed by atoms with Gasteiger partial charge in [-0.15, -0.1) is 0 Å².